The zero-order valence-corrected chi connectivity index (χ0v) is 18.6. The lowest BCUT2D eigenvalue weighted by Crippen LogP contribution is -2.09. The van der Waals surface area contributed by atoms with Gasteiger partial charge in [-0.25, -0.2) is 4.79 Å². The number of hydrogen-bond acceptors (Lipinski definition) is 4. The van der Waals surface area contributed by atoms with Crippen molar-refractivity contribution in [3.05, 3.63) is 131 Å². The number of esters is 1. The molecule has 0 amide bonds. The number of carbonyl (C=O) groups is 1. The average Bonchev–Trinajstić information content (AvgIpc) is 2.87. The van der Waals surface area contributed by atoms with Crippen LogP contribution in [0.15, 0.2) is 103 Å². The number of hydrogen-bond donors (Lipinski definition) is 0. The lowest BCUT2D eigenvalue weighted by atomic mass is 10.00. The van der Waals surface area contributed by atoms with Crippen LogP contribution in [0.2, 0.25) is 0 Å². The van der Waals surface area contributed by atoms with Gasteiger partial charge in [0.15, 0.2) is 11.5 Å². The summed E-state index contributed by atoms with van der Waals surface area (Å²) in [6.45, 7) is 0.567. The maximum absolute atomic E-state index is 12.9. The van der Waals surface area contributed by atoms with Gasteiger partial charge in [0.1, 0.15) is 13.2 Å². The predicted molar refractivity (Wildman–Crippen MR) is 129 cm³/mol. The van der Waals surface area contributed by atoms with Crippen LogP contribution in [0.1, 0.15) is 32.6 Å². The highest BCUT2D eigenvalue weighted by atomic mass is 16.5. The molecule has 0 heterocycles. The molecule has 0 spiro atoms. The molecule has 166 valence electrons. The van der Waals surface area contributed by atoms with Crippen molar-refractivity contribution in [3.8, 4) is 11.5 Å². The molecule has 4 aromatic carbocycles. The minimum Gasteiger partial charge on any atom is -0.493 e. The smallest absolute Gasteiger partial charge is 0.338 e. The lowest BCUT2D eigenvalue weighted by molar-refractivity contribution is 0.0471. The normalized spacial score (nSPS) is 10.5. The zero-order chi connectivity index (χ0) is 22.9. The monoisotopic (exact) mass is 438 g/mol. The van der Waals surface area contributed by atoms with Crippen molar-refractivity contribution in [2.24, 2.45) is 0 Å². The SMILES string of the molecule is COc1ccc(COC(=O)c2ccccc2Cc2ccccc2)cc1OCc1ccccc1. The second kappa shape index (κ2) is 11.0. The van der Waals surface area contributed by atoms with Crippen molar-refractivity contribution in [2.75, 3.05) is 7.11 Å². The molecule has 4 rings (SSSR count). The topological polar surface area (TPSA) is 44.8 Å². The van der Waals surface area contributed by atoms with Gasteiger partial charge in [-0.05, 0) is 46.9 Å². The molecule has 0 fully saturated rings. The van der Waals surface area contributed by atoms with Crippen LogP contribution in [0.4, 0.5) is 0 Å². The largest absolute Gasteiger partial charge is 0.493 e. The molecule has 33 heavy (non-hydrogen) atoms. The summed E-state index contributed by atoms with van der Waals surface area (Å²) in [5.74, 6) is 0.901. The van der Waals surface area contributed by atoms with Crippen LogP contribution in [-0.4, -0.2) is 13.1 Å². The summed E-state index contributed by atoms with van der Waals surface area (Å²) in [5.41, 5.74) is 4.55. The van der Waals surface area contributed by atoms with Crippen molar-refractivity contribution in [1.82, 2.24) is 0 Å². The molecule has 0 atom stereocenters. The maximum Gasteiger partial charge on any atom is 0.338 e. The third-order valence-corrected chi connectivity index (χ3v) is 5.31. The molecular weight excluding hydrogens is 412 g/mol. The fourth-order valence-corrected chi connectivity index (χ4v) is 3.58. The summed E-state index contributed by atoms with van der Waals surface area (Å²) >= 11 is 0. The molecule has 0 bridgehead atoms. The summed E-state index contributed by atoms with van der Waals surface area (Å²) in [4.78, 5) is 12.9. The third-order valence-electron chi connectivity index (χ3n) is 5.31. The second-order valence-corrected chi connectivity index (χ2v) is 7.66. The molecule has 0 radical (unpaired) electrons. The van der Waals surface area contributed by atoms with Crippen molar-refractivity contribution in [2.45, 2.75) is 19.6 Å². The Kier molecular flexibility index (Phi) is 7.39. The van der Waals surface area contributed by atoms with E-state index in [-0.39, 0.29) is 12.6 Å². The minimum atomic E-state index is -0.343. The number of carbonyl (C=O) groups excluding carboxylic acids is 1. The molecular formula is C29H26O4. The number of ether oxygens (including phenoxy) is 3. The molecule has 0 aliphatic carbocycles. The average molecular weight is 439 g/mol. The van der Waals surface area contributed by atoms with Crippen LogP contribution < -0.4 is 9.47 Å². The van der Waals surface area contributed by atoms with E-state index in [1.165, 1.54) is 0 Å². The maximum atomic E-state index is 12.9. The van der Waals surface area contributed by atoms with Crippen LogP contribution >= 0.6 is 0 Å². The quantitative estimate of drug-likeness (QED) is 0.291. The highest BCUT2D eigenvalue weighted by Gasteiger charge is 2.14. The molecule has 0 unspecified atom stereocenters. The highest BCUT2D eigenvalue weighted by molar-refractivity contribution is 5.91. The van der Waals surface area contributed by atoms with Gasteiger partial charge in [0.2, 0.25) is 0 Å². The molecule has 0 N–H and O–H groups in total. The van der Waals surface area contributed by atoms with E-state index < -0.39 is 0 Å². The van der Waals surface area contributed by atoms with E-state index in [0.717, 1.165) is 22.3 Å². The van der Waals surface area contributed by atoms with Crippen LogP contribution in [0.3, 0.4) is 0 Å². The second-order valence-electron chi connectivity index (χ2n) is 7.66. The molecule has 0 saturated heterocycles. The Morgan fingerprint density at radius 1 is 0.667 bits per heavy atom. The minimum absolute atomic E-state index is 0.143. The van der Waals surface area contributed by atoms with E-state index in [1.54, 1.807) is 7.11 Å². The standard InChI is InChI=1S/C29H26O4/c1-31-27-17-16-24(19-28(27)32-20-23-12-6-3-7-13-23)21-33-29(30)26-15-9-8-14-25(26)18-22-10-4-2-5-11-22/h2-17,19H,18,20-21H2,1H3. The van der Waals surface area contributed by atoms with Gasteiger partial charge in [0, 0.05) is 0 Å². The van der Waals surface area contributed by atoms with E-state index in [0.29, 0.717) is 30.1 Å². The van der Waals surface area contributed by atoms with Crippen molar-refractivity contribution >= 4 is 5.97 Å². The number of rotatable bonds is 9. The Morgan fingerprint density at radius 3 is 2.06 bits per heavy atom. The Hall–Kier alpha value is -4.05. The number of benzene rings is 4. The first kappa shape index (κ1) is 22.2. The van der Waals surface area contributed by atoms with Crippen LogP contribution in [0.5, 0.6) is 11.5 Å². The number of methoxy groups -OCH3 is 1. The molecule has 4 nitrogen and oxygen atoms in total. The first-order valence-corrected chi connectivity index (χ1v) is 10.9. The molecule has 0 saturated carbocycles. The first-order chi connectivity index (χ1) is 16.2. The molecule has 0 aromatic heterocycles. The van der Waals surface area contributed by atoms with Gasteiger partial charge in [-0.15, -0.1) is 0 Å². The van der Waals surface area contributed by atoms with Crippen LogP contribution in [-0.2, 0) is 24.4 Å². The van der Waals surface area contributed by atoms with Gasteiger partial charge in [0.05, 0.1) is 12.7 Å². The van der Waals surface area contributed by atoms with Crippen molar-refractivity contribution in [3.63, 3.8) is 0 Å². The van der Waals surface area contributed by atoms with Gasteiger partial charge in [0.25, 0.3) is 0 Å². The molecule has 4 heteroatoms. The molecule has 0 aliphatic heterocycles. The lowest BCUT2D eigenvalue weighted by Gasteiger charge is -2.13. The Labute approximate surface area is 194 Å². The highest BCUT2D eigenvalue weighted by Crippen LogP contribution is 2.29. The van der Waals surface area contributed by atoms with E-state index in [2.05, 4.69) is 12.1 Å². The van der Waals surface area contributed by atoms with Crippen molar-refractivity contribution in [1.29, 1.82) is 0 Å². The molecule has 4 aromatic rings. The van der Waals surface area contributed by atoms with Crippen LogP contribution in [0.25, 0.3) is 0 Å². The summed E-state index contributed by atoms with van der Waals surface area (Å²) < 4.78 is 17.0. The van der Waals surface area contributed by atoms with Crippen LogP contribution in [0, 0.1) is 0 Å². The van der Waals surface area contributed by atoms with Gasteiger partial charge in [-0.3, -0.25) is 0 Å². The van der Waals surface area contributed by atoms with Crippen molar-refractivity contribution < 1.29 is 19.0 Å². The Bertz CT molecular complexity index is 1190. The van der Waals surface area contributed by atoms with E-state index >= 15 is 0 Å². The van der Waals surface area contributed by atoms with E-state index in [4.69, 9.17) is 14.2 Å². The van der Waals surface area contributed by atoms with Gasteiger partial charge >= 0.3 is 5.97 Å². The Balaban J connectivity index is 1.43. The zero-order valence-electron chi connectivity index (χ0n) is 18.6. The van der Waals surface area contributed by atoms with E-state index in [9.17, 15) is 4.79 Å². The fourth-order valence-electron chi connectivity index (χ4n) is 3.58. The van der Waals surface area contributed by atoms with Gasteiger partial charge in [-0.1, -0.05) is 84.9 Å². The van der Waals surface area contributed by atoms with Gasteiger partial charge in [-0.2, -0.15) is 0 Å². The summed E-state index contributed by atoms with van der Waals surface area (Å²) in [6, 6.07) is 33.1. The Morgan fingerprint density at radius 2 is 1.33 bits per heavy atom. The van der Waals surface area contributed by atoms with Gasteiger partial charge < -0.3 is 14.2 Å². The first-order valence-electron chi connectivity index (χ1n) is 10.9. The summed E-state index contributed by atoms with van der Waals surface area (Å²) in [7, 11) is 1.61. The summed E-state index contributed by atoms with van der Waals surface area (Å²) in [5, 5.41) is 0. The summed E-state index contributed by atoms with van der Waals surface area (Å²) in [6.07, 6.45) is 0.673. The molecule has 0 aliphatic rings. The third kappa shape index (κ3) is 6.01. The fraction of sp³-hybridized carbons (Fsp3) is 0.138. The predicted octanol–water partition coefficient (Wildman–Crippen LogP) is 6.22. The van der Waals surface area contributed by atoms with E-state index in [1.807, 2.05) is 91.0 Å².